The summed E-state index contributed by atoms with van der Waals surface area (Å²) in [4.78, 5) is 30.8. The zero-order chi connectivity index (χ0) is 25.5. The molecule has 35 heavy (non-hydrogen) atoms. The number of rotatable bonds is 5. The summed E-state index contributed by atoms with van der Waals surface area (Å²) in [7, 11) is -2.40. The van der Waals surface area contributed by atoms with Crippen molar-refractivity contribution in [2.45, 2.75) is 45.1 Å². The maximum Gasteiger partial charge on any atom is 0.243 e. The molecule has 0 bridgehead atoms. The van der Waals surface area contributed by atoms with Gasteiger partial charge in [0.2, 0.25) is 21.8 Å². The number of hydrogen-bond donors (Lipinski definition) is 0. The van der Waals surface area contributed by atoms with Crippen LogP contribution in [0.2, 0.25) is 0 Å². The molecule has 9 heteroatoms. The minimum Gasteiger partial charge on any atom is -0.368 e. The van der Waals surface area contributed by atoms with E-state index in [0.29, 0.717) is 32.6 Å². The molecule has 0 aromatic heterocycles. The van der Waals surface area contributed by atoms with Gasteiger partial charge in [-0.3, -0.25) is 9.59 Å². The van der Waals surface area contributed by atoms with Gasteiger partial charge in [0, 0.05) is 57.6 Å². The Labute approximate surface area is 208 Å². The molecule has 2 aromatic rings. The molecule has 0 spiro atoms. The van der Waals surface area contributed by atoms with Gasteiger partial charge >= 0.3 is 0 Å². The van der Waals surface area contributed by atoms with Gasteiger partial charge in [-0.2, -0.15) is 4.31 Å². The minimum absolute atomic E-state index is 0.0120. The van der Waals surface area contributed by atoms with Crippen LogP contribution in [-0.2, 0) is 26.0 Å². The molecule has 0 saturated carbocycles. The van der Waals surface area contributed by atoms with Crippen molar-refractivity contribution in [2.24, 2.45) is 0 Å². The quantitative estimate of drug-likeness (QED) is 0.633. The zero-order valence-corrected chi connectivity index (χ0v) is 21.9. The van der Waals surface area contributed by atoms with Crippen LogP contribution in [0.1, 0.15) is 30.5 Å². The number of amides is 2. The maximum atomic E-state index is 13.2. The smallest absolute Gasteiger partial charge is 0.243 e. The molecule has 188 valence electrons. The van der Waals surface area contributed by atoms with E-state index in [4.69, 9.17) is 0 Å². The highest BCUT2D eigenvalue weighted by Gasteiger charge is 2.32. The first kappa shape index (κ1) is 25.2. The molecule has 1 saturated heterocycles. The standard InChI is InChI=1S/C26H34N4O4S/c1-18-6-7-19(2)25(14-18)28-10-12-29(13-11-28)26(32)17-27(5)35(33,34)23-8-9-24-22(16-23)15-20(3)30(24)21(4)31/h6-9,14,16,20H,10-13,15,17H2,1-5H3/t20-/m1/s1. The van der Waals surface area contributed by atoms with Crippen molar-refractivity contribution in [1.82, 2.24) is 9.21 Å². The number of aryl methyl sites for hydroxylation is 2. The molecule has 0 aliphatic carbocycles. The molecular weight excluding hydrogens is 464 g/mol. The molecule has 1 atom stereocenters. The Hall–Kier alpha value is -2.91. The summed E-state index contributed by atoms with van der Waals surface area (Å²) in [5.74, 6) is -0.263. The average molecular weight is 499 g/mol. The van der Waals surface area contributed by atoms with E-state index in [1.807, 2.05) is 6.92 Å². The summed E-state index contributed by atoms with van der Waals surface area (Å²) < 4.78 is 27.6. The van der Waals surface area contributed by atoms with Gasteiger partial charge in [0.25, 0.3) is 0 Å². The molecule has 2 aliphatic rings. The summed E-state index contributed by atoms with van der Waals surface area (Å²) in [5, 5.41) is 0. The third kappa shape index (κ3) is 4.92. The molecule has 8 nitrogen and oxygen atoms in total. The number of benzene rings is 2. The Kier molecular flexibility index (Phi) is 6.92. The number of carbonyl (C=O) groups excluding carboxylic acids is 2. The number of hydrogen-bond acceptors (Lipinski definition) is 5. The van der Waals surface area contributed by atoms with E-state index in [9.17, 15) is 18.0 Å². The highest BCUT2D eigenvalue weighted by Crippen LogP contribution is 2.34. The van der Waals surface area contributed by atoms with Crippen molar-refractivity contribution in [2.75, 3.05) is 49.6 Å². The molecule has 2 amide bonds. The van der Waals surface area contributed by atoms with Crippen LogP contribution in [0.25, 0.3) is 0 Å². The van der Waals surface area contributed by atoms with E-state index in [-0.39, 0.29) is 29.3 Å². The van der Waals surface area contributed by atoms with Crippen molar-refractivity contribution >= 4 is 33.2 Å². The fraction of sp³-hybridized carbons (Fsp3) is 0.462. The summed E-state index contributed by atoms with van der Waals surface area (Å²) >= 11 is 0. The molecule has 0 N–H and O–H groups in total. The van der Waals surface area contributed by atoms with Crippen LogP contribution in [0.15, 0.2) is 41.3 Å². The van der Waals surface area contributed by atoms with Gasteiger partial charge in [-0.25, -0.2) is 8.42 Å². The van der Waals surface area contributed by atoms with Crippen LogP contribution in [0.3, 0.4) is 0 Å². The van der Waals surface area contributed by atoms with E-state index in [1.54, 1.807) is 21.9 Å². The van der Waals surface area contributed by atoms with Crippen LogP contribution in [-0.4, -0.2) is 75.3 Å². The molecule has 2 aromatic carbocycles. The summed E-state index contributed by atoms with van der Waals surface area (Å²) in [5.41, 5.74) is 5.17. The Bertz CT molecular complexity index is 1250. The van der Waals surface area contributed by atoms with Crippen LogP contribution in [0.5, 0.6) is 0 Å². The van der Waals surface area contributed by atoms with Gasteiger partial charge in [-0.15, -0.1) is 0 Å². The maximum absolute atomic E-state index is 13.2. The molecule has 1 fully saturated rings. The first-order chi connectivity index (χ1) is 16.5. The predicted octanol–water partition coefficient (Wildman–Crippen LogP) is 2.57. The normalized spacial score (nSPS) is 18.2. The van der Waals surface area contributed by atoms with Crippen LogP contribution in [0.4, 0.5) is 11.4 Å². The minimum atomic E-state index is -3.84. The second kappa shape index (κ2) is 9.62. The third-order valence-corrected chi connectivity index (χ3v) is 8.81. The van der Waals surface area contributed by atoms with Gasteiger partial charge < -0.3 is 14.7 Å². The van der Waals surface area contributed by atoms with Crippen molar-refractivity contribution < 1.29 is 18.0 Å². The van der Waals surface area contributed by atoms with E-state index in [0.717, 1.165) is 15.6 Å². The van der Waals surface area contributed by atoms with Gasteiger partial charge in [-0.05, 0) is 68.1 Å². The SMILES string of the molecule is CC(=O)N1c2ccc(S(=O)(=O)N(C)CC(=O)N3CCN(c4cc(C)ccc4C)CC3)cc2C[C@H]1C. The van der Waals surface area contributed by atoms with Crippen molar-refractivity contribution in [3.05, 3.63) is 53.1 Å². The Morgan fingerprint density at radius 3 is 2.34 bits per heavy atom. The number of carbonyl (C=O) groups is 2. The summed E-state index contributed by atoms with van der Waals surface area (Å²) in [6.07, 6.45) is 0.603. The Balaban J connectivity index is 1.40. The number of piperazine rings is 1. The van der Waals surface area contributed by atoms with Crippen molar-refractivity contribution in [3.8, 4) is 0 Å². The van der Waals surface area contributed by atoms with E-state index < -0.39 is 10.0 Å². The lowest BCUT2D eigenvalue weighted by atomic mass is 10.1. The highest BCUT2D eigenvalue weighted by molar-refractivity contribution is 7.89. The molecule has 2 aliphatic heterocycles. The van der Waals surface area contributed by atoms with Gasteiger partial charge in [0.1, 0.15) is 0 Å². The largest absolute Gasteiger partial charge is 0.368 e. The first-order valence-electron chi connectivity index (χ1n) is 12.0. The van der Waals surface area contributed by atoms with Gasteiger partial charge in [-0.1, -0.05) is 12.1 Å². The van der Waals surface area contributed by atoms with Crippen molar-refractivity contribution in [1.29, 1.82) is 0 Å². The van der Waals surface area contributed by atoms with E-state index in [1.165, 1.54) is 36.9 Å². The molecule has 0 radical (unpaired) electrons. The molecule has 4 rings (SSSR count). The number of fused-ring (bicyclic) bond motifs is 1. The molecular formula is C26H34N4O4S. The Morgan fingerprint density at radius 2 is 1.69 bits per heavy atom. The number of sulfonamides is 1. The summed E-state index contributed by atoms with van der Waals surface area (Å²) in [6.45, 7) is 9.93. The van der Waals surface area contributed by atoms with E-state index >= 15 is 0 Å². The number of likely N-dealkylation sites (N-methyl/N-ethyl adjacent to an activating group) is 1. The molecule has 2 heterocycles. The number of anilines is 2. The van der Waals surface area contributed by atoms with Crippen LogP contribution < -0.4 is 9.80 Å². The first-order valence-corrected chi connectivity index (χ1v) is 13.4. The fourth-order valence-corrected chi connectivity index (χ4v) is 6.23. The monoisotopic (exact) mass is 498 g/mol. The lowest BCUT2D eigenvalue weighted by Crippen LogP contribution is -2.51. The lowest BCUT2D eigenvalue weighted by Gasteiger charge is -2.37. The molecule has 0 unspecified atom stereocenters. The highest BCUT2D eigenvalue weighted by atomic mass is 32.2. The fourth-order valence-electron chi connectivity index (χ4n) is 5.06. The average Bonchev–Trinajstić information content (AvgIpc) is 3.15. The van der Waals surface area contributed by atoms with E-state index in [2.05, 4.69) is 36.9 Å². The van der Waals surface area contributed by atoms with Crippen LogP contribution in [0, 0.1) is 13.8 Å². The predicted molar refractivity (Wildman–Crippen MR) is 137 cm³/mol. The lowest BCUT2D eigenvalue weighted by molar-refractivity contribution is -0.131. The number of nitrogens with zero attached hydrogens (tertiary/aromatic N) is 4. The van der Waals surface area contributed by atoms with Gasteiger partial charge in [0.05, 0.1) is 11.4 Å². The topological polar surface area (TPSA) is 81.2 Å². The zero-order valence-electron chi connectivity index (χ0n) is 21.1. The third-order valence-electron chi connectivity index (χ3n) is 7.01. The van der Waals surface area contributed by atoms with Gasteiger partial charge in [0.15, 0.2) is 0 Å². The van der Waals surface area contributed by atoms with Crippen molar-refractivity contribution in [3.63, 3.8) is 0 Å². The Morgan fingerprint density at radius 1 is 1.00 bits per heavy atom. The van der Waals surface area contributed by atoms with Crippen LogP contribution >= 0.6 is 0 Å². The summed E-state index contributed by atoms with van der Waals surface area (Å²) in [6, 6.07) is 11.2. The second-order valence-corrected chi connectivity index (χ2v) is 11.7. The second-order valence-electron chi connectivity index (χ2n) is 9.65.